The summed E-state index contributed by atoms with van der Waals surface area (Å²) < 4.78 is 13.7. The highest BCUT2D eigenvalue weighted by atomic mass is 32.1. The minimum atomic E-state index is -0.269. The largest absolute Gasteiger partial charge is 0.343 e. The number of carbonyl (C=O) groups excluding carboxylic acids is 1. The van der Waals surface area contributed by atoms with Gasteiger partial charge in [-0.25, -0.2) is 14.4 Å². The molecule has 1 aromatic carbocycles. The standard InChI is InChI=1S/C21H21FN4O2S/c22-16-4-2-1-3-14(16)5-6-19(28)26-10-7-15(8-11-26)20-24-17(13-18(27)25-20)21-23-9-12-29-21/h1-4,9,12-13,15H,5-8,10-11H2,(H,24,25,27). The topological polar surface area (TPSA) is 79.0 Å². The van der Waals surface area contributed by atoms with Gasteiger partial charge in [-0.2, -0.15) is 0 Å². The van der Waals surface area contributed by atoms with Crippen LogP contribution in [-0.4, -0.2) is 38.8 Å². The lowest BCUT2D eigenvalue weighted by Gasteiger charge is -2.31. The Morgan fingerprint density at radius 1 is 1.28 bits per heavy atom. The van der Waals surface area contributed by atoms with Crippen LogP contribution in [0.5, 0.6) is 0 Å². The third kappa shape index (κ3) is 4.59. The highest BCUT2D eigenvalue weighted by Crippen LogP contribution is 2.27. The van der Waals surface area contributed by atoms with Gasteiger partial charge >= 0.3 is 0 Å². The number of nitrogens with zero attached hydrogens (tertiary/aromatic N) is 3. The van der Waals surface area contributed by atoms with Crippen LogP contribution in [0.25, 0.3) is 10.7 Å². The van der Waals surface area contributed by atoms with Gasteiger partial charge in [0.2, 0.25) is 5.91 Å². The van der Waals surface area contributed by atoms with Crippen molar-refractivity contribution in [2.75, 3.05) is 13.1 Å². The zero-order valence-electron chi connectivity index (χ0n) is 15.8. The fraction of sp³-hybridized carbons (Fsp3) is 0.333. The van der Waals surface area contributed by atoms with Crippen molar-refractivity contribution in [3.63, 3.8) is 0 Å². The predicted molar refractivity (Wildman–Crippen MR) is 109 cm³/mol. The van der Waals surface area contributed by atoms with Gasteiger partial charge in [0.25, 0.3) is 5.56 Å². The van der Waals surface area contributed by atoms with Gasteiger partial charge in [0.05, 0.1) is 0 Å². The highest BCUT2D eigenvalue weighted by molar-refractivity contribution is 7.13. The number of hydrogen-bond acceptors (Lipinski definition) is 5. The van der Waals surface area contributed by atoms with E-state index in [1.54, 1.807) is 24.4 Å². The summed E-state index contributed by atoms with van der Waals surface area (Å²) in [6.07, 6.45) is 3.84. The van der Waals surface area contributed by atoms with Crippen molar-refractivity contribution in [2.24, 2.45) is 0 Å². The molecule has 1 aliphatic rings. The lowest BCUT2D eigenvalue weighted by atomic mass is 9.95. The summed E-state index contributed by atoms with van der Waals surface area (Å²) in [5.41, 5.74) is 0.960. The number of H-pyrrole nitrogens is 1. The van der Waals surface area contributed by atoms with E-state index in [1.165, 1.54) is 23.5 Å². The first-order chi connectivity index (χ1) is 14.1. The van der Waals surface area contributed by atoms with E-state index in [4.69, 9.17) is 0 Å². The molecule has 150 valence electrons. The van der Waals surface area contributed by atoms with Crippen LogP contribution in [-0.2, 0) is 11.2 Å². The van der Waals surface area contributed by atoms with Gasteiger partial charge in [0, 0.05) is 43.1 Å². The average molecular weight is 412 g/mol. The number of nitrogens with one attached hydrogen (secondary N) is 1. The Labute approximate surface area is 171 Å². The zero-order valence-corrected chi connectivity index (χ0v) is 16.6. The molecule has 0 atom stereocenters. The molecule has 4 rings (SSSR count). The number of aryl methyl sites for hydroxylation is 1. The van der Waals surface area contributed by atoms with Crippen molar-refractivity contribution in [2.45, 2.75) is 31.6 Å². The Morgan fingerprint density at radius 3 is 2.79 bits per heavy atom. The second-order valence-corrected chi connectivity index (χ2v) is 7.99. The van der Waals surface area contributed by atoms with Crippen molar-refractivity contribution in [1.82, 2.24) is 19.9 Å². The van der Waals surface area contributed by atoms with E-state index < -0.39 is 0 Å². The Bertz CT molecular complexity index is 1040. The lowest BCUT2D eigenvalue weighted by molar-refractivity contribution is -0.132. The summed E-state index contributed by atoms with van der Waals surface area (Å²) in [6.45, 7) is 1.21. The molecule has 6 nitrogen and oxygen atoms in total. The number of aromatic amines is 1. The first kappa shape index (κ1) is 19.4. The van der Waals surface area contributed by atoms with Crippen molar-refractivity contribution < 1.29 is 9.18 Å². The molecule has 0 aliphatic carbocycles. The van der Waals surface area contributed by atoms with E-state index in [2.05, 4.69) is 15.0 Å². The van der Waals surface area contributed by atoms with Gasteiger partial charge < -0.3 is 9.88 Å². The summed E-state index contributed by atoms with van der Waals surface area (Å²) in [4.78, 5) is 38.1. The molecular formula is C21H21FN4O2S. The van der Waals surface area contributed by atoms with Crippen molar-refractivity contribution in [3.8, 4) is 10.7 Å². The number of carbonyl (C=O) groups is 1. The van der Waals surface area contributed by atoms with Crippen LogP contribution in [0.15, 0.2) is 46.7 Å². The van der Waals surface area contributed by atoms with Crippen molar-refractivity contribution in [1.29, 1.82) is 0 Å². The molecule has 0 radical (unpaired) electrons. The molecule has 1 saturated heterocycles. The van der Waals surface area contributed by atoms with Crippen LogP contribution in [0.4, 0.5) is 4.39 Å². The Hall–Kier alpha value is -2.87. The molecule has 0 bridgehead atoms. The molecule has 1 N–H and O–H groups in total. The molecule has 0 unspecified atom stereocenters. The quantitative estimate of drug-likeness (QED) is 0.697. The van der Waals surface area contributed by atoms with Crippen LogP contribution in [0, 0.1) is 5.82 Å². The van der Waals surface area contributed by atoms with Crippen LogP contribution >= 0.6 is 11.3 Å². The Balaban J connectivity index is 1.36. The molecule has 1 fully saturated rings. The molecule has 2 aromatic heterocycles. The van der Waals surface area contributed by atoms with E-state index in [0.29, 0.717) is 43.0 Å². The van der Waals surface area contributed by atoms with Gasteiger partial charge in [-0.3, -0.25) is 9.59 Å². The number of piperidine rings is 1. The summed E-state index contributed by atoms with van der Waals surface area (Å²) >= 11 is 1.44. The van der Waals surface area contributed by atoms with Crippen LogP contribution < -0.4 is 5.56 Å². The number of benzene rings is 1. The Morgan fingerprint density at radius 2 is 2.07 bits per heavy atom. The number of amides is 1. The molecule has 3 aromatic rings. The second kappa shape index (κ2) is 8.65. The van der Waals surface area contributed by atoms with E-state index in [1.807, 2.05) is 10.3 Å². The minimum absolute atomic E-state index is 0.0321. The SMILES string of the molecule is O=C(CCc1ccccc1F)N1CCC(c2nc(-c3nccs3)cc(=O)[nH]2)CC1. The van der Waals surface area contributed by atoms with E-state index >= 15 is 0 Å². The van der Waals surface area contributed by atoms with E-state index in [-0.39, 0.29) is 23.2 Å². The van der Waals surface area contributed by atoms with Gasteiger partial charge in [-0.1, -0.05) is 18.2 Å². The van der Waals surface area contributed by atoms with Gasteiger partial charge in [0.15, 0.2) is 0 Å². The Kier molecular flexibility index (Phi) is 5.80. The third-order valence-electron chi connectivity index (χ3n) is 5.21. The molecule has 0 saturated carbocycles. The van der Waals surface area contributed by atoms with Crippen LogP contribution in [0.2, 0.25) is 0 Å². The molecule has 0 spiro atoms. The maximum absolute atomic E-state index is 13.7. The van der Waals surface area contributed by atoms with Gasteiger partial charge in [0.1, 0.15) is 22.3 Å². The first-order valence-corrected chi connectivity index (χ1v) is 10.5. The van der Waals surface area contributed by atoms with Crippen molar-refractivity contribution >= 4 is 17.2 Å². The average Bonchev–Trinajstić information content (AvgIpc) is 3.28. The highest BCUT2D eigenvalue weighted by Gasteiger charge is 2.25. The third-order valence-corrected chi connectivity index (χ3v) is 6.01. The number of rotatable bonds is 5. The maximum atomic E-state index is 13.7. The summed E-state index contributed by atoms with van der Waals surface area (Å²) in [5.74, 6) is 0.512. The predicted octanol–water partition coefficient (Wildman–Crippen LogP) is 3.37. The van der Waals surface area contributed by atoms with Gasteiger partial charge in [-0.05, 0) is 30.9 Å². The van der Waals surface area contributed by atoms with Crippen LogP contribution in [0.3, 0.4) is 0 Å². The minimum Gasteiger partial charge on any atom is -0.343 e. The summed E-state index contributed by atoms with van der Waals surface area (Å²) in [7, 11) is 0. The molecule has 1 amide bonds. The smallest absolute Gasteiger partial charge is 0.251 e. The molecule has 29 heavy (non-hydrogen) atoms. The number of aromatic nitrogens is 3. The zero-order chi connectivity index (χ0) is 20.2. The number of likely N-dealkylation sites (tertiary alicyclic amines) is 1. The van der Waals surface area contributed by atoms with Crippen LogP contribution in [0.1, 0.15) is 36.6 Å². The first-order valence-electron chi connectivity index (χ1n) is 9.62. The fourth-order valence-corrected chi connectivity index (χ4v) is 4.23. The van der Waals surface area contributed by atoms with Crippen molar-refractivity contribution in [3.05, 3.63) is 69.5 Å². The number of thiazole rings is 1. The molecule has 8 heteroatoms. The normalized spacial score (nSPS) is 14.9. The van der Waals surface area contributed by atoms with E-state index in [9.17, 15) is 14.0 Å². The van der Waals surface area contributed by atoms with Gasteiger partial charge in [-0.15, -0.1) is 11.3 Å². The monoisotopic (exact) mass is 412 g/mol. The summed E-state index contributed by atoms with van der Waals surface area (Å²) in [6, 6.07) is 8.02. The molecular weight excluding hydrogens is 391 g/mol. The number of halogens is 1. The molecule has 1 aliphatic heterocycles. The lowest BCUT2D eigenvalue weighted by Crippen LogP contribution is -2.38. The fourth-order valence-electron chi connectivity index (χ4n) is 3.63. The maximum Gasteiger partial charge on any atom is 0.251 e. The molecule has 3 heterocycles. The summed E-state index contributed by atoms with van der Waals surface area (Å²) in [5, 5.41) is 2.57. The van der Waals surface area contributed by atoms with E-state index in [0.717, 1.165) is 17.8 Å². The second-order valence-electron chi connectivity index (χ2n) is 7.10. The number of hydrogen-bond donors (Lipinski definition) is 1.